The number of hydrogen-bond donors (Lipinski definition) is 1. The molecule has 8 heteroatoms. The first kappa shape index (κ1) is 17.2. The number of carbonyl (C=O) groups is 2. The minimum Gasteiger partial charge on any atom is -0.341 e. The maximum Gasteiger partial charge on any atom is 0.323 e. The highest BCUT2D eigenvalue weighted by atomic mass is 32.1. The van der Waals surface area contributed by atoms with Gasteiger partial charge in [-0.05, 0) is 26.7 Å². The molecule has 3 rings (SSSR count). The molecule has 1 unspecified atom stereocenters. The van der Waals surface area contributed by atoms with Crippen molar-refractivity contribution < 1.29 is 9.59 Å². The van der Waals surface area contributed by atoms with Crippen LogP contribution in [0.2, 0.25) is 0 Å². The van der Waals surface area contributed by atoms with E-state index in [0.717, 1.165) is 44.7 Å². The average molecular weight is 351 g/mol. The zero-order valence-corrected chi connectivity index (χ0v) is 15.1. The van der Waals surface area contributed by atoms with Crippen LogP contribution < -0.4 is 5.32 Å². The summed E-state index contributed by atoms with van der Waals surface area (Å²) in [6.45, 7) is 8.38. The van der Waals surface area contributed by atoms with E-state index in [2.05, 4.69) is 15.2 Å². The summed E-state index contributed by atoms with van der Waals surface area (Å²) >= 11 is 1.44. The highest BCUT2D eigenvalue weighted by Crippen LogP contribution is 2.17. The van der Waals surface area contributed by atoms with Crippen LogP contribution in [0.3, 0.4) is 0 Å². The number of nitrogens with one attached hydrogen (secondary N) is 1. The molecule has 3 heterocycles. The number of urea groups is 1. The molecule has 1 aromatic heterocycles. The second-order valence-corrected chi connectivity index (χ2v) is 7.31. The molecule has 0 bridgehead atoms. The van der Waals surface area contributed by atoms with Gasteiger partial charge in [-0.1, -0.05) is 0 Å². The van der Waals surface area contributed by atoms with Crippen LogP contribution in [0.5, 0.6) is 0 Å². The minimum absolute atomic E-state index is 0.102. The molecule has 2 aliphatic rings. The molecule has 0 aliphatic carbocycles. The Hall–Kier alpha value is -1.67. The Labute approximate surface area is 146 Å². The Kier molecular flexibility index (Phi) is 5.35. The van der Waals surface area contributed by atoms with Gasteiger partial charge in [0, 0.05) is 44.6 Å². The van der Waals surface area contributed by atoms with Crippen LogP contribution in [0.15, 0.2) is 5.38 Å². The number of nitrogens with zero attached hydrogens (tertiary/aromatic N) is 4. The lowest BCUT2D eigenvalue weighted by Gasteiger charge is -2.38. The third-order valence-electron chi connectivity index (χ3n) is 4.76. The molecule has 1 N–H and O–H groups in total. The van der Waals surface area contributed by atoms with Crippen molar-refractivity contribution in [2.75, 3.05) is 44.6 Å². The van der Waals surface area contributed by atoms with Crippen molar-refractivity contribution in [3.63, 3.8) is 0 Å². The third-order valence-corrected chi connectivity index (χ3v) is 5.63. The zero-order valence-electron chi connectivity index (χ0n) is 14.3. The number of amides is 3. The lowest BCUT2D eigenvalue weighted by molar-refractivity contribution is -0.135. The van der Waals surface area contributed by atoms with Gasteiger partial charge in [-0.2, -0.15) is 0 Å². The van der Waals surface area contributed by atoms with Gasteiger partial charge >= 0.3 is 6.03 Å². The van der Waals surface area contributed by atoms with Crippen LogP contribution >= 0.6 is 11.3 Å². The van der Waals surface area contributed by atoms with Gasteiger partial charge in [-0.15, -0.1) is 11.3 Å². The molecule has 0 saturated carbocycles. The van der Waals surface area contributed by atoms with E-state index in [1.54, 1.807) is 4.90 Å². The number of carbonyl (C=O) groups excluding carboxylic acids is 2. The Morgan fingerprint density at radius 3 is 2.38 bits per heavy atom. The summed E-state index contributed by atoms with van der Waals surface area (Å²) in [5.74, 6) is 0.226. The molecular weight excluding hydrogens is 326 g/mol. The predicted octanol–water partition coefficient (Wildman–Crippen LogP) is 1.61. The van der Waals surface area contributed by atoms with E-state index < -0.39 is 0 Å². The van der Waals surface area contributed by atoms with Crippen molar-refractivity contribution in [2.24, 2.45) is 0 Å². The second kappa shape index (κ2) is 7.48. The van der Waals surface area contributed by atoms with E-state index in [4.69, 9.17) is 0 Å². The Balaban J connectivity index is 1.48. The fraction of sp³-hybridized carbons (Fsp3) is 0.688. The first-order valence-electron chi connectivity index (χ1n) is 8.55. The molecule has 3 amide bonds. The highest BCUT2D eigenvalue weighted by Gasteiger charge is 2.31. The molecule has 0 aromatic carbocycles. The molecule has 0 radical (unpaired) electrons. The lowest BCUT2D eigenvalue weighted by Crippen LogP contribution is -2.55. The first-order chi connectivity index (χ1) is 11.5. The van der Waals surface area contributed by atoms with Crippen LogP contribution in [-0.4, -0.2) is 76.9 Å². The minimum atomic E-state index is -0.109. The molecule has 1 aromatic rings. The number of hydrogen-bond acceptors (Lipinski definition) is 5. The number of piperazine rings is 1. The van der Waals surface area contributed by atoms with E-state index in [9.17, 15) is 9.59 Å². The van der Waals surface area contributed by atoms with Crippen molar-refractivity contribution in [1.82, 2.24) is 19.7 Å². The Morgan fingerprint density at radius 2 is 1.79 bits per heavy atom. The largest absolute Gasteiger partial charge is 0.341 e. The molecule has 2 fully saturated rings. The summed E-state index contributed by atoms with van der Waals surface area (Å²) < 4.78 is 0. The maximum absolute atomic E-state index is 12.5. The molecule has 132 valence electrons. The summed E-state index contributed by atoms with van der Waals surface area (Å²) in [5, 5.41) is 5.40. The summed E-state index contributed by atoms with van der Waals surface area (Å²) in [6, 6.07) is -0.211. The highest BCUT2D eigenvalue weighted by molar-refractivity contribution is 7.13. The zero-order chi connectivity index (χ0) is 17.1. The average Bonchev–Trinajstić information content (AvgIpc) is 3.25. The summed E-state index contributed by atoms with van der Waals surface area (Å²) in [7, 11) is 0. The third kappa shape index (κ3) is 3.87. The molecule has 7 nitrogen and oxygen atoms in total. The SMILES string of the molecule is Cc1csc(NC(=O)N2CCN(C(C)C(=O)N3CCCC3)CC2)n1. The molecule has 2 aliphatic heterocycles. The normalized spacial score (nSPS) is 20.2. The van der Waals surface area contributed by atoms with Crippen LogP contribution in [0, 0.1) is 6.92 Å². The monoisotopic (exact) mass is 351 g/mol. The second-order valence-electron chi connectivity index (χ2n) is 6.46. The Morgan fingerprint density at radius 1 is 1.12 bits per heavy atom. The topological polar surface area (TPSA) is 68.8 Å². The molecule has 0 spiro atoms. The number of anilines is 1. The first-order valence-corrected chi connectivity index (χ1v) is 9.43. The van der Waals surface area contributed by atoms with Gasteiger partial charge in [-0.25, -0.2) is 9.78 Å². The van der Waals surface area contributed by atoms with Crippen molar-refractivity contribution >= 4 is 28.4 Å². The smallest absolute Gasteiger partial charge is 0.323 e. The van der Waals surface area contributed by atoms with Crippen LogP contribution in [-0.2, 0) is 4.79 Å². The molecular formula is C16H25N5O2S. The fourth-order valence-corrected chi connectivity index (χ4v) is 3.93. The van der Waals surface area contributed by atoms with E-state index in [-0.39, 0.29) is 18.0 Å². The van der Waals surface area contributed by atoms with Gasteiger partial charge in [0.25, 0.3) is 0 Å². The summed E-state index contributed by atoms with van der Waals surface area (Å²) in [4.78, 5) is 35.0. The fourth-order valence-electron chi connectivity index (χ4n) is 3.25. The quantitative estimate of drug-likeness (QED) is 0.898. The molecule has 2 saturated heterocycles. The number of rotatable bonds is 3. The van der Waals surface area contributed by atoms with Crippen molar-refractivity contribution in [3.8, 4) is 0 Å². The number of aromatic nitrogens is 1. The van der Waals surface area contributed by atoms with Gasteiger partial charge in [-0.3, -0.25) is 15.0 Å². The number of aryl methyl sites for hydroxylation is 1. The van der Waals surface area contributed by atoms with Gasteiger partial charge < -0.3 is 9.80 Å². The van der Waals surface area contributed by atoms with Crippen LogP contribution in [0.4, 0.5) is 9.93 Å². The molecule has 1 atom stereocenters. The predicted molar refractivity (Wildman–Crippen MR) is 94.3 cm³/mol. The van der Waals surface area contributed by atoms with E-state index in [1.165, 1.54) is 11.3 Å². The van der Waals surface area contributed by atoms with Crippen LogP contribution in [0.25, 0.3) is 0 Å². The van der Waals surface area contributed by atoms with Crippen molar-refractivity contribution in [2.45, 2.75) is 32.7 Å². The number of likely N-dealkylation sites (tertiary alicyclic amines) is 1. The standard InChI is InChI=1S/C16H25N5O2S/c1-12-11-24-15(17-12)18-16(23)21-9-7-19(8-10-21)13(2)14(22)20-5-3-4-6-20/h11,13H,3-10H2,1-2H3,(H,17,18,23). The van der Waals surface area contributed by atoms with E-state index in [0.29, 0.717) is 18.2 Å². The van der Waals surface area contributed by atoms with Crippen molar-refractivity contribution in [3.05, 3.63) is 11.1 Å². The number of thiazole rings is 1. The van der Waals surface area contributed by atoms with Crippen molar-refractivity contribution in [1.29, 1.82) is 0 Å². The van der Waals surface area contributed by atoms with E-state index in [1.807, 2.05) is 24.1 Å². The van der Waals surface area contributed by atoms with E-state index >= 15 is 0 Å². The van der Waals surface area contributed by atoms with Gasteiger partial charge in [0.15, 0.2) is 5.13 Å². The molecule has 24 heavy (non-hydrogen) atoms. The van der Waals surface area contributed by atoms with Crippen LogP contribution in [0.1, 0.15) is 25.5 Å². The van der Waals surface area contributed by atoms with Gasteiger partial charge in [0.2, 0.25) is 5.91 Å². The maximum atomic E-state index is 12.5. The summed E-state index contributed by atoms with van der Waals surface area (Å²) in [5.41, 5.74) is 0.911. The summed E-state index contributed by atoms with van der Waals surface area (Å²) in [6.07, 6.45) is 2.23. The van der Waals surface area contributed by atoms with Gasteiger partial charge in [0.1, 0.15) is 0 Å². The Bertz CT molecular complexity index is 591. The van der Waals surface area contributed by atoms with Gasteiger partial charge in [0.05, 0.1) is 11.7 Å². The lowest BCUT2D eigenvalue weighted by atomic mass is 10.2.